The molecule has 1 rings (SSSR count). The van der Waals surface area contributed by atoms with Gasteiger partial charge in [0.2, 0.25) is 0 Å². The van der Waals surface area contributed by atoms with Gasteiger partial charge in [-0.1, -0.05) is 24.9 Å². The Kier molecular flexibility index (Phi) is 8.65. The number of aliphatic hydroxyl groups is 1. The summed E-state index contributed by atoms with van der Waals surface area (Å²) in [4.78, 5) is 16.2. The first-order chi connectivity index (χ1) is 9.67. The van der Waals surface area contributed by atoms with Crippen LogP contribution in [-0.4, -0.2) is 40.7 Å². The van der Waals surface area contributed by atoms with Gasteiger partial charge >= 0.3 is 0 Å². The Labute approximate surface area is 129 Å². The van der Waals surface area contributed by atoms with Gasteiger partial charge in [-0.25, -0.2) is 4.98 Å². The Morgan fingerprint density at radius 2 is 2.25 bits per heavy atom. The molecule has 0 aliphatic heterocycles. The average Bonchev–Trinajstić information content (AvgIpc) is 2.42. The van der Waals surface area contributed by atoms with E-state index in [1.807, 2.05) is 0 Å². The van der Waals surface area contributed by atoms with E-state index in [-0.39, 0.29) is 12.5 Å². The van der Waals surface area contributed by atoms with Gasteiger partial charge in [-0.15, -0.1) is 0 Å². The van der Waals surface area contributed by atoms with Crippen LogP contribution in [0, 0.1) is 0 Å². The van der Waals surface area contributed by atoms with Crippen LogP contribution in [0.1, 0.15) is 35.8 Å². The zero-order valence-electron chi connectivity index (χ0n) is 11.7. The minimum atomic E-state index is -0.116. The van der Waals surface area contributed by atoms with Crippen molar-refractivity contribution in [3.8, 4) is 0 Å². The molecule has 1 aromatic rings. The summed E-state index contributed by atoms with van der Waals surface area (Å²) in [5.74, 6) is 1.63. The highest BCUT2D eigenvalue weighted by Crippen LogP contribution is 2.12. The van der Waals surface area contributed by atoms with E-state index in [1.165, 1.54) is 0 Å². The fourth-order valence-electron chi connectivity index (χ4n) is 1.67. The van der Waals surface area contributed by atoms with Crippen molar-refractivity contribution in [1.82, 2.24) is 10.3 Å². The van der Waals surface area contributed by atoms with Crippen LogP contribution in [0.3, 0.4) is 0 Å². The number of carbonyl (C=O) groups excluding carboxylic acids is 1. The first kappa shape index (κ1) is 17.3. The van der Waals surface area contributed by atoms with Gasteiger partial charge in [0.25, 0.3) is 5.91 Å². The molecule has 0 aromatic carbocycles. The van der Waals surface area contributed by atoms with Gasteiger partial charge < -0.3 is 10.4 Å². The van der Waals surface area contributed by atoms with Gasteiger partial charge in [0.05, 0.1) is 0 Å². The Bertz CT molecular complexity index is 430. The Morgan fingerprint density at radius 3 is 2.95 bits per heavy atom. The van der Waals surface area contributed by atoms with Crippen LogP contribution >= 0.6 is 23.4 Å². The zero-order chi connectivity index (χ0) is 14.8. The van der Waals surface area contributed by atoms with E-state index in [2.05, 4.69) is 17.2 Å². The normalized spacial score (nSPS) is 10.6. The molecule has 0 spiro atoms. The standard InChI is InChI=1S/C14H21ClN2O2S/c1-2-4-12-9-11(10-13(15)17-12)14(19)16-5-8-20-7-3-6-18/h9-10,18H,2-8H2,1H3,(H,16,19). The smallest absolute Gasteiger partial charge is 0.251 e. The average molecular weight is 317 g/mol. The number of aryl methyl sites for hydroxylation is 1. The largest absolute Gasteiger partial charge is 0.396 e. The van der Waals surface area contributed by atoms with E-state index >= 15 is 0 Å². The molecule has 2 N–H and O–H groups in total. The van der Waals surface area contributed by atoms with Gasteiger partial charge in [0.15, 0.2) is 0 Å². The lowest BCUT2D eigenvalue weighted by Crippen LogP contribution is -2.26. The molecule has 0 fully saturated rings. The number of hydrogen-bond donors (Lipinski definition) is 2. The lowest BCUT2D eigenvalue weighted by molar-refractivity contribution is 0.0956. The van der Waals surface area contributed by atoms with Crippen molar-refractivity contribution in [3.63, 3.8) is 0 Å². The molecule has 20 heavy (non-hydrogen) atoms. The third-order valence-electron chi connectivity index (χ3n) is 2.59. The molecule has 6 heteroatoms. The maximum atomic E-state index is 12.0. The maximum Gasteiger partial charge on any atom is 0.251 e. The fourth-order valence-corrected chi connectivity index (χ4v) is 2.68. The van der Waals surface area contributed by atoms with Crippen molar-refractivity contribution in [1.29, 1.82) is 0 Å². The first-order valence-corrected chi connectivity index (χ1v) is 8.34. The topological polar surface area (TPSA) is 62.2 Å². The number of halogens is 1. The number of rotatable bonds is 9. The Balaban J connectivity index is 2.42. The van der Waals surface area contributed by atoms with E-state index in [9.17, 15) is 4.79 Å². The van der Waals surface area contributed by atoms with Crippen LogP contribution in [0.2, 0.25) is 5.15 Å². The van der Waals surface area contributed by atoms with E-state index in [0.717, 1.165) is 36.5 Å². The quantitative estimate of drug-likeness (QED) is 0.543. The molecule has 4 nitrogen and oxygen atoms in total. The molecule has 1 aromatic heterocycles. The minimum absolute atomic E-state index is 0.116. The third kappa shape index (κ3) is 6.59. The number of amides is 1. The molecule has 0 saturated carbocycles. The Hall–Kier alpha value is -0.780. The second-order valence-corrected chi connectivity index (χ2v) is 5.98. The molecule has 0 saturated heterocycles. The number of nitrogens with one attached hydrogen (secondary N) is 1. The number of aromatic nitrogens is 1. The Morgan fingerprint density at radius 1 is 1.45 bits per heavy atom. The van der Waals surface area contributed by atoms with Crippen LogP contribution in [0.25, 0.3) is 0 Å². The lowest BCUT2D eigenvalue weighted by Gasteiger charge is -2.07. The summed E-state index contributed by atoms with van der Waals surface area (Å²) in [6.07, 6.45) is 2.58. The van der Waals surface area contributed by atoms with Gasteiger partial charge in [-0.05, 0) is 30.7 Å². The highest BCUT2D eigenvalue weighted by Gasteiger charge is 2.08. The second kappa shape index (κ2) is 10.0. The van der Waals surface area contributed by atoms with Crippen molar-refractivity contribution in [2.45, 2.75) is 26.2 Å². The van der Waals surface area contributed by atoms with Gasteiger partial charge in [0, 0.05) is 30.2 Å². The summed E-state index contributed by atoms with van der Waals surface area (Å²) in [6, 6.07) is 3.39. The van der Waals surface area contributed by atoms with Gasteiger partial charge in [-0.3, -0.25) is 4.79 Å². The highest BCUT2D eigenvalue weighted by molar-refractivity contribution is 7.99. The first-order valence-electron chi connectivity index (χ1n) is 6.80. The van der Waals surface area contributed by atoms with Crippen LogP contribution in [0.4, 0.5) is 0 Å². The maximum absolute atomic E-state index is 12.0. The van der Waals surface area contributed by atoms with Crippen LogP contribution < -0.4 is 5.32 Å². The van der Waals surface area contributed by atoms with E-state index in [4.69, 9.17) is 16.7 Å². The van der Waals surface area contributed by atoms with Crippen molar-refractivity contribution in [2.24, 2.45) is 0 Å². The van der Waals surface area contributed by atoms with E-state index < -0.39 is 0 Å². The van der Waals surface area contributed by atoms with Crippen LogP contribution in [-0.2, 0) is 6.42 Å². The summed E-state index contributed by atoms with van der Waals surface area (Å²) in [6.45, 7) is 2.89. The number of hydrogen-bond acceptors (Lipinski definition) is 4. The third-order valence-corrected chi connectivity index (χ3v) is 3.86. The molecule has 0 radical (unpaired) electrons. The summed E-state index contributed by atoms with van der Waals surface area (Å²) >= 11 is 7.65. The summed E-state index contributed by atoms with van der Waals surface area (Å²) in [5.41, 5.74) is 1.41. The van der Waals surface area contributed by atoms with Crippen LogP contribution in [0.15, 0.2) is 12.1 Å². The lowest BCUT2D eigenvalue weighted by atomic mass is 10.1. The fraction of sp³-hybridized carbons (Fsp3) is 0.571. The summed E-state index contributed by atoms with van der Waals surface area (Å²) in [7, 11) is 0. The van der Waals surface area contributed by atoms with Crippen molar-refractivity contribution < 1.29 is 9.90 Å². The number of thioether (sulfide) groups is 1. The predicted octanol–water partition coefficient (Wildman–Crippen LogP) is 2.53. The number of carbonyl (C=O) groups is 1. The molecule has 0 aliphatic rings. The van der Waals surface area contributed by atoms with Crippen molar-refractivity contribution in [3.05, 3.63) is 28.5 Å². The highest BCUT2D eigenvalue weighted by atomic mass is 35.5. The van der Waals surface area contributed by atoms with E-state index in [0.29, 0.717) is 17.3 Å². The molecule has 1 amide bonds. The van der Waals surface area contributed by atoms with Crippen molar-refractivity contribution >= 4 is 29.3 Å². The number of pyridine rings is 1. The van der Waals surface area contributed by atoms with Crippen LogP contribution in [0.5, 0.6) is 0 Å². The number of aliphatic hydroxyl groups excluding tert-OH is 1. The molecule has 0 aliphatic carbocycles. The zero-order valence-corrected chi connectivity index (χ0v) is 13.3. The minimum Gasteiger partial charge on any atom is -0.396 e. The number of nitrogens with zero attached hydrogens (tertiary/aromatic N) is 1. The van der Waals surface area contributed by atoms with E-state index in [1.54, 1.807) is 23.9 Å². The SMILES string of the molecule is CCCc1cc(C(=O)NCCSCCCO)cc(Cl)n1. The molecule has 0 unspecified atom stereocenters. The van der Waals surface area contributed by atoms with Gasteiger partial charge in [0.1, 0.15) is 5.15 Å². The molecule has 112 valence electrons. The molecular weight excluding hydrogens is 296 g/mol. The summed E-state index contributed by atoms with van der Waals surface area (Å²) in [5, 5.41) is 11.9. The monoisotopic (exact) mass is 316 g/mol. The molecule has 0 bridgehead atoms. The summed E-state index contributed by atoms with van der Waals surface area (Å²) < 4.78 is 0. The predicted molar refractivity (Wildman–Crippen MR) is 84.6 cm³/mol. The second-order valence-electron chi connectivity index (χ2n) is 4.37. The van der Waals surface area contributed by atoms with Gasteiger partial charge in [-0.2, -0.15) is 11.8 Å². The molecular formula is C14H21ClN2O2S. The molecule has 1 heterocycles. The van der Waals surface area contributed by atoms with Crippen molar-refractivity contribution in [2.75, 3.05) is 24.7 Å². The molecule has 0 atom stereocenters.